The van der Waals surface area contributed by atoms with Crippen LogP contribution in [0.2, 0.25) is 0 Å². The molecule has 1 aliphatic heterocycles. The van der Waals surface area contributed by atoms with Gasteiger partial charge in [-0.15, -0.1) is 0 Å². The van der Waals surface area contributed by atoms with Gasteiger partial charge in [0.05, 0.1) is 12.1 Å². The van der Waals surface area contributed by atoms with E-state index in [2.05, 4.69) is 36.5 Å². The first kappa shape index (κ1) is 14.7. The Morgan fingerprint density at radius 3 is 2.76 bits per heavy atom. The number of aryl methyl sites for hydroxylation is 1. The van der Waals surface area contributed by atoms with E-state index in [0.29, 0.717) is 13.1 Å². The maximum Gasteiger partial charge on any atom is 0.134 e. The molecule has 1 unspecified atom stereocenters. The Labute approximate surface area is 129 Å². The van der Waals surface area contributed by atoms with E-state index in [1.54, 1.807) is 0 Å². The number of hydrogen-bond acceptors (Lipinski definition) is 4. The summed E-state index contributed by atoms with van der Waals surface area (Å²) in [7, 11) is 0. The number of furan rings is 1. The number of nitrogens with one attached hydrogen (secondary N) is 1. The van der Waals surface area contributed by atoms with E-state index in [9.17, 15) is 5.11 Å². The normalized spacial score (nSPS) is 21.8. The SMILES string of the molecule is Cc1ccc(-c2ccc(CNCC3(O)CCSC3)o2)cc1. The van der Waals surface area contributed by atoms with Crippen molar-refractivity contribution in [3.05, 3.63) is 47.7 Å². The van der Waals surface area contributed by atoms with Crippen molar-refractivity contribution < 1.29 is 9.52 Å². The lowest BCUT2D eigenvalue weighted by Gasteiger charge is -2.21. The summed E-state index contributed by atoms with van der Waals surface area (Å²) in [4.78, 5) is 0. The summed E-state index contributed by atoms with van der Waals surface area (Å²) in [6.07, 6.45) is 0.872. The molecule has 1 fully saturated rings. The van der Waals surface area contributed by atoms with E-state index in [-0.39, 0.29) is 0 Å². The smallest absolute Gasteiger partial charge is 0.134 e. The molecule has 112 valence electrons. The van der Waals surface area contributed by atoms with Gasteiger partial charge in [-0.25, -0.2) is 0 Å². The highest BCUT2D eigenvalue weighted by molar-refractivity contribution is 7.99. The molecule has 0 amide bonds. The van der Waals surface area contributed by atoms with Crippen molar-refractivity contribution in [2.45, 2.75) is 25.5 Å². The zero-order chi connectivity index (χ0) is 14.7. The molecule has 21 heavy (non-hydrogen) atoms. The van der Waals surface area contributed by atoms with Crippen LogP contribution in [0.3, 0.4) is 0 Å². The van der Waals surface area contributed by atoms with Crippen LogP contribution in [-0.2, 0) is 6.54 Å². The molecule has 1 saturated heterocycles. The van der Waals surface area contributed by atoms with Crippen molar-refractivity contribution in [2.24, 2.45) is 0 Å². The Bertz CT molecular complexity index is 585. The molecule has 1 aliphatic rings. The van der Waals surface area contributed by atoms with Crippen LogP contribution in [0.5, 0.6) is 0 Å². The van der Waals surface area contributed by atoms with E-state index < -0.39 is 5.60 Å². The van der Waals surface area contributed by atoms with Gasteiger partial charge in [-0.3, -0.25) is 0 Å². The van der Waals surface area contributed by atoms with Crippen LogP contribution < -0.4 is 5.32 Å². The fourth-order valence-corrected chi connectivity index (χ4v) is 3.80. The monoisotopic (exact) mass is 303 g/mol. The van der Waals surface area contributed by atoms with Crippen molar-refractivity contribution in [1.82, 2.24) is 5.32 Å². The largest absolute Gasteiger partial charge is 0.460 e. The predicted molar refractivity (Wildman–Crippen MR) is 87.5 cm³/mol. The van der Waals surface area contributed by atoms with Crippen molar-refractivity contribution in [1.29, 1.82) is 0 Å². The van der Waals surface area contributed by atoms with E-state index in [1.165, 1.54) is 5.56 Å². The molecule has 0 saturated carbocycles. The number of hydrogen-bond donors (Lipinski definition) is 2. The Kier molecular flexibility index (Phi) is 4.38. The Morgan fingerprint density at radius 1 is 1.24 bits per heavy atom. The van der Waals surface area contributed by atoms with Gasteiger partial charge in [-0.1, -0.05) is 29.8 Å². The summed E-state index contributed by atoms with van der Waals surface area (Å²) in [6, 6.07) is 12.3. The molecule has 2 N–H and O–H groups in total. The first-order valence-electron chi connectivity index (χ1n) is 7.31. The van der Waals surface area contributed by atoms with Crippen LogP contribution in [-0.4, -0.2) is 28.8 Å². The summed E-state index contributed by atoms with van der Waals surface area (Å²) in [5.74, 6) is 3.67. The summed E-state index contributed by atoms with van der Waals surface area (Å²) >= 11 is 1.82. The fraction of sp³-hybridized carbons (Fsp3) is 0.412. The van der Waals surface area contributed by atoms with Crippen molar-refractivity contribution in [2.75, 3.05) is 18.1 Å². The standard InChI is InChI=1S/C17H21NO2S/c1-13-2-4-14(5-3-13)16-7-6-15(20-16)10-18-11-17(19)8-9-21-12-17/h2-7,18-19H,8-12H2,1H3. The van der Waals surface area contributed by atoms with Crippen LogP contribution in [0, 0.1) is 6.92 Å². The third kappa shape index (κ3) is 3.70. The molecule has 0 aliphatic carbocycles. The Morgan fingerprint density at radius 2 is 2.05 bits per heavy atom. The van der Waals surface area contributed by atoms with Crippen LogP contribution in [0.4, 0.5) is 0 Å². The number of thioether (sulfide) groups is 1. The lowest BCUT2D eigenvalue weighted by molar-refractivity contribution is 0.0670. The number of rotatable bonds is 5. The van der Waals surface area contributed by atoms with E-state index in [1.807, 2.05) is 23.9 Å². The molecule has 2 aromatic rings. The van der Waals surface area contributed by atoms with Crippen molar-refractivity contribution in [3.63, 3.8) is 0 Å². The van der Waals surface area contributed by atoms with E-state index >= 15 is 0 Å². The lowest BCUT2D eigenvalue weighted by Crippen LogP contribution is -2.40. The van der Waals surface area contributed by atoms with Crippen LogP contribution in [0.25, 0.3) is 11.3 Å². The van der Waals surface area contributed by atoms with Crippen LogP contribution in [0.1, 0.15) is 17.7 Å². The first-order valence-corrected chi connectivity index (χ1v) is 8.47. The summed E-state index contributed by atoms with van der Waals surface area (Å²) in [5, 5.41) is 13.6. The van der Waals surface area contributed by atoms with Gasteiger partial charge in [0.1, 0.15) is 11.5 Å². The Hall–Kier alpha value is -1.23. The highest BCUT2D eigenvalue weighted by Crippen LogP contribution is 2.27. The Balaban J connectivity index is 1.56. The molecular formula is C17H21NO2S. The molecule has 1 atom stereocenters. The van der Waals surface area contributed by atoms with Crippen molar-refractivity contribution in [3.8, 4) is 11.3 Å². The van der Waals surface area contributed by atoms with Gasteiger partial charge >= 0.3 is 0 Å². The van der Waals surface area contributed by atoms with E-state index in [4.69, 9.17) is 4.42 Å². The van der Waals surface area contributed by atoms with E-state index in [0.717, 1.165) is 35.0 Å². The maximum absolute atomic E-state index is 10.3. The molecule has 3 rings (SSSR count). The van der Waals surface area contributed by atoms with Gasteiger partial charge in [0.25, 0.3) is 0 Å². The predicted octanol–water partition coefficient (Wildman–Crippen LogP) is 3.21. The number of benzene rings is 1. The zero-order valence-corrected chi connectivity index (χ0v) is 13.1. The first-order chi connectivity index (χ1) is 10.1. The number of aliphatic hydroxyl groups is 1. The minimum absolute atomic E-state index is 0.545. The average molecular weight is 303 g/mol. The van der Waals surface area contributed by atoms with Crippen LogP contribution >= 0.6 is 11.8 Å². The van der Waals surface area contributed by atoms with Gasteiger partial charge in [0.2, 0.25) is 0 Å². The molecule has 2 heterocycles. The van der Waals surface area contributed by atoms with Crippen molar-refractivity contribution >= 4 is 11.8 Å². The summed E-state index contributed by atoms with van der Waals surface area (Å²) in [5.41, 5.74) is 1.80. The second-order valence-electron chi connectivity index (χ2n) is 5.76. The molecule has 3 nitrogen and oxygen atoms in total. The summed E-state index contributed by atoms with van der Waals surface area (Å²) in [6.45, 7) is 3.35. The van der Waals surface area contributed by atoms with Crippen LogP contribution in [0.15, 0.2) is 40.8 Å². The molecule has 4 heteroatoms. The lowest BCUT2D eigenvalue weighted by atomic mass is 10.0. The molecule has 0 radical (unpaired) electrons. The molecule has 0 bridgehead atoms. The second kappa shape index (κ2) is 6.26. The quantitative estimate of drug-likeness (QED) is 0.890. The average Bonchev–Trinajstić information content (AvgIpc) is 3.10. The molecule has 0 spiro atoms. The maximum atomic E-state index is 10.3. The minimum atomic E-state index is -0.545. The molecule has 1 aromatic carbocycles. The topological polar surface area (TPSA) is 45.4 Å². The highest BCUT2D eigenvalue weighted by atomic mass is 32.2. The second-order valence-corrected chi connectivity index (χ2v) is 6.87. The van der Waals surface area contributed by atoms with Gasteiger partial charge in [0.15, 0.2) is 0 Å². The van der Waals surface area contributed by atoms with Gasteiger partial charge in [-0.2, -0.15) is 11.8 Å². The third-order valence-electron chi connectivity index (χ3n) is 3.83. The molecule has 1 aromatic heterocycles. The minimum Gasteiger partial charge on any atom is -0.460 e. The summed E-state index contributed by atoms with van der Waals surface area (Å²) < 4.78 is 5.86. The van der Waals surface area contributed by atoms with Gasteiger partial charge in [0, 0.05) is 17.9 Å². The third-order valence-corrected chi connectivity index (χ3v) is 5.07. The van der Waals surface area contributed by atoms with Gasteiger partial charge < -0.3 is 14.8 Å². The highest BCUT2D eigenvalue weighted by Gasteiger charge is 2.31. The zero-order valence-electron chi connectivity index (χ0n) is 12.3. The molecular weight excluding hydrogens is 282 g/mol. The fourth-order valence-electron chi connectivity index (χ4n) is 2.50. The van der Waals surface area contributed by atoms with Gasteiger partial charge in [-0.05, 0) is 31.2 Å².